The highest BCUT2D eigenvalue weighted by Gasteiger charge is 2.32. The van der Waals surface area contributed by atoms with Gasteiger partial charge >= 0.3 is 0 Å². The van der Waals surface area contributed by atoms with Crippen molar-refractivity contribution in [2.24, 2.45) is 0 Å². The van der Waals surface area contributed by atoms with Crippen molar-refractivity contribution in [1.29, 1.82) is 0 Å². The summed E-state index contributed by atoms with van der Waals surface area (Å²) < 4.78 is 24.6. The molecule has 0 aliphatic carbocycles. The third kappa shape index (κ3) is 2.53. The molecule has 2 rings (SSSR count). The van der Waals surface area contributed by atoms with Gasteiger partial charge in [-0.3, -0.25) is 0 Å². The molecule has 0 bridgehead atoms. The van der Waals surface area contributed by atoms with Crippen LogP contribution < -0.4 is 5.32 Å². The van der Waals surface area contributed by atoms with Gasteiger partial charge in [0.25, 0.3) is 0 Å². The molecule has 1 heterocycles. The van der Waals surface area contributed by atoms with E-state index in [2.05, 4.69) is 21.2 Å². The largest absolute Gasteiger partial charge is 0.314 e. The zero-order chi connectivity index (χ0) is 10.2. The Bertz CT molecular complexity index is 445. The third-order valence-electron chi connectivity index (χ3n) is 2.31. The molecule has 0 aromatic heterocycles. The summed E-state index contributed by atoms with van der Waals surface area (Å²) in [6.07, 6.45) is 0. The van der Waals surface area contributed by atoms with Crippen molar-refractivity contribution < 1.29 is 8.42 Å². The second-order valence-electron chi connectivity index (χ2n) is 3.28. The number of sulfone groups is 1. The molecule has 1 aromatic carbocycles. The Morgan fingerprint density at radius 1 is 1.33 bits per heavy atom. The van der Waals surface area contributed by atoms with E-state index >= 15 is 0 Å². The fourth-order valence-electron chi connectivity index (χ4n) is 1.32. The summed E-state index contributed by atoms with van der Waals surface area (Å²) in [6.45, 7) is 1.13. The van der Waals surface area contributed by atoms with Gasteiger partial charge in [-0.25, -0.2) is 8.42 Å². The van der Waals surface area contributed by atoms with Gasteiger partial charge in [-0.1, -0.05) is 22.0 Å². The van der Waals surface area contributed by atoms with E-state index in [1.54, 1.807) is 18.2 Å². The molecule has 1 aromatic rings. The molecule has 1 aliphatic heterocycles. The average molecular weight is 313 g/mol. The Hall–Kier alpha value is -0.100. The Labute approximate surface area is 104 Å². The average Bonchev–Trinajstić information content (AvgIpc) is 2.00. The lowest BCUT2D eigenvalue weighted by Gasteiger charge is -2.26. The van der Waals surface area contributed by atoms with Gasteiger partial charge in [0.2, 0.25) is 0 Å². The van der Waals surface area contributed by atoms with Crippen LogP contribution in [0.25, 0.3) is 0 Å². The standard InChI is InChI=1S/C9H10BrNO2S.ClH/c10-7-2-1-3-8(4-7)14(12,13)9-5-11-6-9;/h1-4,9,11H,5-6H2;1H. The van der Waals surface area contributed by atoms with Crippen molar-refractivity contribution in [3.63, 3.8) is 0 Å². The maximum atomic E-state index is 11.9. The molecule has 3 nitrogen and oxygen atoms in total. The van der Waals surface area contributed by atoms with E-state index in [4.69, 9.17) is 0 Å². The van der Waals surface area contributed by atoms with Crippen molar-refractivity contribution in [2.75, 3.05) is 13.1 Å². The lowest BCUT2D eigenvalue weighted by Crippen LogP contribution is -2.51. The van der Waals surface area contributed by atoms with Crippen LogP contribution in [0.3, 0.4) is 0 Å². The molecule has 0 unspecified atom stereocenters. The predicted molar refractivity (Wildman–Crippen MR) is 65.2 cm³/mol. The number of hydrogen-bond donors (Lipinski definition) is 1. The van der Waals surface area contributed by atoms with Gasteiger partial charge in [0.15, 0.2) is 9.84 Å². The van der Waals surface area contributed by atoms with E-state index in [-0.39, 0.29) is 17.7 Å². The highest BCUT2D eigenvalue weighted by atomic mass is 79.9. The Morgan fingerprint density at radius 2 is 2.00 bits per heavy atom. The molecule has 0 amide bonds. The molecule has 15 heavy (non-hydrogen) atoms. The van der Waals surface area contributed by atoms with Crippen molar-refractivity contribution in [3.8, 4) is 0 Å². The zero-order valence-corrected chi connectivity index (χ0v) is 11.0. The Balaban J connectivity index is 0.00000112. The second kappa shape index (κ2) is 4.82. The lowest BCUT2D eigenvalue weighted by atomic mass is 10.3. The van der Waals surface area contributed by atoms with Gasteiger partial charge < -0.3 is 5.32 Å². The monoisotopic (exact) mass is 311 g/mol. The van der Waals surface area contributed by atoms with Crippen LogP contribution in [0.4, 0.5) is 0 Å². The summed E-state index contributed by atoms with van der Waals surface area (Å²) in [6, 6.07) is 6.84. The van der Waals surface area contributed by atoms with Crippen molar-refractivity contribution in [3.05, 3.63) is 28.7 Å². The highest BCUT2D eigenvalue weighted by molar-refractivity contribution is 9.10. The molecule has 1 saturated heterocycles. The molecule has 0 spiro atoms. The Kier molecular flexibility index (Phi) is 4.17. The fourth-order valence-corrected chi connectivity index (χ4v) is 3.49. The molecule has 0 saturated carbocycles. The van der Waals surface area contributed by atoms with E-state index in [0.29, 0.717) is 18.0 Å². The van der Waals surface area contributed by atoms with E-state index in [9.17, 15) is 8.42 Å². The first-order valence-corrected chi connectivity index (χ1v) is 6.65. The van der Waals surface area contributed by atoms with Crippen LogP contribution in [0.2, 0.25) is 0 Å². The van der Waals surface area contributed by atoms with Gasteiger partial charge in [-0.2, -0.15) is 0 Å². The zero-order valence-electron chi connectivity index (χ0n) is 7.81. The van der Waals surface area contributed by atoms with Gasteiger partial charge in [-0.05, 0) is 18.2 Å². The minimum Gasteiger partial charge on any atom is -0.314 e. The summed E-state index contributed by atoms with van der Waals surface area (Å²) in [5, 5.41) is 2.71. The minimum absolute atomic E-state index is 0. The molecule has 84 valence electrons. The van der Waals surface area contributed by atoms with Gasteiger partial charge in [0.05, 0.1) is 10.1 Å². The SMILES string of the molecule is Cl.O=S(=O)(c1cccc(Br)c1)C1CNC1. The van der Waals surface area contributed by atoms with Crippen molar-refractivity contribution in [2.45, 2.75) is 10.1 Å². The maximum absolute atomic E-state index is 11.9. The highest BCUT2D eigenvalue weighted by Crippen LogP contribution is 2.21. The summed E-state index contributed by atoms with van der Waals surface area (Å²) in [4.78, 5) is 0.401. The minimum atomic E-state index is -3.12. The number of halogens is 2. The van der Waals surface area contributed by atoms with Crippen LogP contribution in [0.1, 0.15) is 0 Å². The van der Waals surface area contributed by atoms with Crippen LogP contribution >= 0.6 is 28.3 Å². The van der Waals surface area contributed by atoms with Crippen LogP contribution in [0.5, 0.6) is 0 Å². The number of rotatable bonds is 2. The van der Waals surface area contributed by atoms with Crippen LogP contribution in [0.15, 0.2) is 33.6 Å². The van der Waals surface area contributed by atoms with E-state index in [1.807, 2.05) is 6.07 Å². The summed E-state index contributed by atoms with van der Waals surface area (Å²) in [7, 11) is -3.12. The maximum Gasteiger partial charge on any atom is 0.183 e. The molecule has 1 aliphatic rings. The molecule has 0 radical (unpaired) electrons. The normalized spacial score (nSPS) is 16.6. The van der Waals surface area contributed by atoms with Gasteiger partial charge in [0, 0.05) is 17.6 Å². The number of benzene rings is 1. The van der Waals surface area contributed by atoms with E-state index < -0.39 is 9.84 Å². The summed E-state index contributed by atoms with van der Waals surface area (Å²) in [5.74, 6) is 0. The molecule has 6 heteroatoms. The van der Waals surface area contributed by atoms with Crippen LogP contribution in [-0.2, 0) is 9.84 Å². The summed E-state index contributed by atoms with van der Waals surface area (Å²) >= 11 is 3.26. The first-order valence-electron chi connectivity index (χ1n) is 4.31. The molecule has 1 N–H and O–H groups in total. The molecule has 0 atom stereocenters. The quantitative estimate of drug-likeness (QED) is 0.902. The van der Waals surface area contributed by atoms with E-state index in [0.717, 1.165) is 4.47 Å². The topological polar surface area (TPSA) is 46.2 Å². The van der Waals surface area contributed by atoms with Gasteiger partial charge in [0.1, 0.15) is 0 Å². The molecular weight excluding hydrogens is 302 g/mol. The van der Waals surface area contributed by atoms with Crippen molar-refractivity contribution >= 4 is 38.2 Å². The number of nitrogens with one attached hydrogen (secondary N) is 1. The first kappa shape index (κ1) is 13.0. The molecular formula is C9H11BrClNO2S. The summed E-state index contributed by atoms with van der Waals surface area (Å²) in [5.41, 5.74) is 0. The fraction of sp³-hybridized carbons (Fsp3) is 0.333. The lowest BCUT2D eigenvalue weighted by molar-refractivity contribution is 0.495. The first-order chi connectivity index (χ1) is 6.60. The Morgan fingerprint density at radius 3 is 2.47 bits per heavy atom. The third-order valence-corrected chi connectivity index (χ3v) is 4.92. The van der Waals surface area contributed by atoms with Crippen molar-refractivity contribution in [1.82, 2.24) is 5.32 Å². The van der Waals surface area contributed by atoms with Crippen LogP contribution in [-0.4, -0.2) is 26.8 Å². The second-order valence-corrected chi connectivity index (χ2v) is 6.43. The smallest absolute Gasteiger partial charge is 0.183 e. The number of hydrogen-bond acceptors (Lipinski definition) is 3. The van der Waals surface area contributed by atoms with Gasteiger partial charge in [-0.15, -0.1) is 12.4 Å². The molecule has 1 fully saturated rings. The predicted octanol–water partition coefficient (Wildman–Crippen LogP) is 1.62. The van der Waals surface area contributed by atoms with Crippen LogP contribution in [0, 0.1) is 0 Å². The van der Waals surface area contributed by atoms with E-state index in [1.165, 1.54) is 0 Å².